The lowest BCUT2D eigenvalue weighted by Gasteiger charge is -2.25. The van der Waals surface area contributed by atoms with E-state index in [-0.39, 0.29) is 16.8 Å². The van der Waals surface area contributed by atoms with Gasteiger partial charge in [-0.25, -0.2) is 4.98 Å². The van der Waals surface area contributed by atoms with Crippen LogP contribution in [0.1, 0.15) is 51.5 Å². The average Bonchev–Trinajstić information content (AvgIpc) is 3.25. The molecule has 0 radical (unpaired) electrons. The van der Waals surface area contributed by atoms with Gasteiger partial charge in [-0.05, 0) is 68.3 Å². The molecule has 1 aliphatic rings. The van der Waals surface area contributed by atoms with Gasteiger partial charge in [0.25, 0.3) is 5.91 Å². The summed E-state index contributed by atoms with van der Waals surface area (Å²) >= 11 is 0. The van der Waals surface area contributed by atoms with Crippen LogP contribution in [0, 0.1) is 13.8 Å². The van der Waals surface area contributed by atoms with Crippen molar-refractivity contribution in [2.45, 2.75) is 33.4 Å². The predicted molar refractivity (Wildman–Crippen MR) is 153 cm³/mol. The fraction of sp³-hybridized carbons (Fsp3) is 0.182. The van der Waals surface area contributed by atoms with E-state index in [1.54, 1.807) is 18.2 Å². The molecular formula is C33H28N2O5. The van der Waals surface area contributed by atoms with Crippen LogP contribution in [0.5, 0.6) is 11.5 Å². The molecule has 3 heterocycles. The fourth-order valence-corrected chi connectivity index (χ4v) is 5.12. The van der Waals surface area contributed by atoms with Crippen molar-refractivity contribution >= 4 is 22.7 Å². The van der Waals surface area contributed by atoms with Gasteiger partial charge in [-0.1, -0.05) is 54.1 Å². The standard InChI is InChI=1S/C33H28N2O5/c1-4-38-27-18-23(14-16-26(27)39-19-22-10-6-5-7-11-22)30-29-31(36)24-17-20(2)13-15-25(24)40-32(29)33(37)35(30)28-12-8-9-21(3)34-28/h5-18,30H,4,19H2,1-3H3. The Bertz CT molecular complexity index is 1790. The number of amides is 1. The van der Waals surface area contributed by atoms with Gasteiger partial charge in [0.05, 0.1) is 23.6 Å². The molecule has 1 atom stereocenters. The van der Waals surface area contributed by atoms with E-state index in [0.29, 0.717) is 47.1 Å². The van der Waals surface area contributed by atoms with Crippen LogP contribution in [0.4, 0.5) is 5.82 Å². The van der Waals surface area contributed by atoms with E-state index in [2.05, 4.69) is 4.98 Å². The molecule has 3 aromatic carbocycles. The Kier molecular flexibility index (Phi) is 6.56. The Balaban J connectivity index is 1.51. The van der Waals surface area contributed by atoms with E-state index in [9.17, 15) is 9.59 Å². The van der Waals surface area contributed by atoms with Gasteiger partial charge in [-0.15, -0.1) is 0 Å². The number of carbonyl (C=O) groups is 1. The van der Waals surface area contributed by atoms with Gasteiger partial charge in [0, 0.05) is 5.69 Å². The summed E-state index contributed by atoms with van der Waals surface area (Å²) in [5.74, 6) is 1.14. The van der Waals surface area contributed by atoms with Gasteiger partial charge in [0.15, 0.2) is 16.9 Å². The monoisotopic (exact) mass is 532 g/mol. The molecule has 1 amide bonds. The van der Waals surface area contributed by atoms with E-state index < -0.39 is 11.9 Å². The molecule has 0 saturated heterocycles. The number of aryl methyl sites for hydroxylation is 2. The van der Waals surface area contributed by atoms with Crippen LogP contribution in [0.25, 0.3) is 11.0 Å². The zero-order valence-corrected chi connectivity index (χ0v) is 22.5. The van der Waals surface area contributed by atoms with Gasteiger partial charge >= 0.3 is 0 Å². The summed E-state index contributed by atoms with van der Waals surface area (Å²) < 4.78 is 18.2. The highest BCUT2D eigenvalue weighted by Crippen LogP contribution is 2.43. The number of nitrogens with zero attached hydrogens (tertiary/aromatic N) is 2. The van der Waals surface area contributed by atoms with Crippen molar-refractivity contribution < 1.29 is 18.7 Å². The summed E-state index contributed by atoms with van der Waals surface area (Å²) in [6, 6.07) is 25.5. The maximum absolute atomic E-state index is 14.0. The van der Waals surface area contributed by atoms with Crippen molar-refractivity contribution in [3.63, 3.8) is 0 Å². The summed E-state index contributed by atoms with van der Waals surface area (Å²) in [6.07, 6.45) is 0. The second-order valence-corrected chi connectivity index (χ2v) is 9.80. The van der Waals surface area contributed by atoms with E-state index in [1.165, 1.54) is 4.90 Å². The number of fused-ring (bicyclic) bond motifs is 2. The minimum absolute atomic E-state index is 0.0250. The first kappa shape index (κ1) is 25.4. The first-order valence-corrected chi connectivity index (χ1v) is 13.2. The molecule has 0 fully saturated rings. The average molecular weight is 533 g/mol. The summed E-state index contributed by atoms with van der Waals surface area (Å²) in [5.41, 5.74) is 3.81. The maximum Gasteiger partial charge on any atom is 0.296 e. The molecule has 200 valence electrons. The fourth-order valence-electron chi connectivity index (χ4n) is 5.12. The molecule has 1 aliphatic heterocycles. The first-order chi connectivity index (χ1) is 19.4. The number of hydrogen-bond donors (Lipinski definition) is 0. The molecular weight excluding hydrogens is 504 g/mol. The lowest BCUT2D eigenvalue weighted by Crippen LogP contribution is -2.30. The molecule has 5 aromatic rings. The highest BCUT2D eigenvalue weighted by atomic mass is 16.5. The third-order valence-electron chi connectivity index (χ3n) is 6.97. The summed E-state index contributed by atoms with van der Waals surface area (Å²) in [6.45, 7) is 6.47. The van der Waals surface area contributed by atoms with Gasteiger partial charge in [0.2, 0.25) is 5.76 Å². The minimum Gasteiger partial charge on any atom is -0.490 e. The van der Waals surface area contributed by atoms with Crippen LogP contribution in [-0.4, -0.2) is 17.5 Å². The number of carbonyl (C=O) groups excluding carboxylic acids is 1. The Hall–Kier alpha value is -4.91. The lowest BCUT2D eigenvalue weighted by atomic mass is 9.97. The van der Waals surface area contributed by atoms with E-state index >= 15 is 0 Å². The third kappa shape index (κ3) is 4.49. The van der Waals surface area contributed by atoms with Crippen LogP contribution in [0.2, 0.25) is 0 Å². The molecule has 0 aliphatic carbocycles. The highest BCUT2D eigenvalue weighted by Gasteiger charge is 2.44. The van der Waals surface area contributed by atoms with E-state index in [1.807, 2.05) is 87.5 Å². The molecule has 6 rings (SSSR count). The van der Waals surface area contributed by atoms with Crippen LogP contribution >= 0.6 is 0 Å². The predicted octanol–water partition coefficient (Wildman–Crippen LogP) is 6.53. The molecule has 0 saturated carbocycles. The second-order valence-electron chi connectivity index (χ2n) is 9.80. The zero-order valence-electron chi connectivity index (χ0n) is 22.5. The largest absolute Gasteiger partial charge is 0.490 e. The summed E-state index contributed by atoms with van der Waals surface area (Å²) in [5, 5.41) is 0.434. The Morgan fingerprint density at radius 2 is 1.70 bits per heavy atom. The first-order valence-electron chi connectivity index (χ1n) is 13.2. The SMILES string of the molecule is CCOc1cc(C2c3c(oc4ccc(C)cc4c3=O)C(=O)N2c2cccc(C)n2)ccc1OCc1ccccc1. The van der Waals surface area contributed by atoms with Crippen LogP contribution in [-0.2, 0) is 6.61 Å². The molecule has 0 N–H and O–H groups in total. The number of rotatable bonds is 7. The number of anilines is 1. The van der Waals surface area contributed by atoms with Crippen LogP contribution in [0.3, 0.4) is 0 Å². The van der Waals surface area contributed by atoms with Gasteiger partial charge in [-0.2, -0.15) is 0 Å². The van der Waals surface area contributed by atoms with Gasteiger partial charge in [-0.3, -0.25) is 14.5 Å². The van der Waals surface area contributed by atoms with Crippen LogP contribution in [0.15, 0.2) is 94.1 Å². The van der Waals surface area contributed by atoms with E-state index in [0.717, 1.165) is 16.8 Å². The van der Waals surface area contributed by atoms with Crippen LogP contribution < -0.4 is 19.8 Å². The zero-order chi connectivity index (χ0) is 27.8. The number of benzene rings is 3. The molecule has 40 heavy (non-hydrogen) atoms. The smallest absolute Gasteiger partial charge is 0.296 e. The molecule has 1 unspecified atom stereocenters. The summed E-state index contributed by atoms with van der Waals surface area (Å²) in [4.78, 5) is 34.0. The number of pyridine rings is 1. The Morgan fingerprint density at radius 3 is 2.48 bits per heavy atom. The van der Waals surface area contributed by atoms with Gasteiger partial charge < -0.3 is 13.9 Å². The number of hydrogen-bond acceptors (Lipinski definition) is 6. The lowest BCUT2D eigenvalue weighted by molar-refractivity contribution is 0.0970. The van der Waals surface area contributed by atoms with Crippen molar-refractivity contribution in [2.24, 2.45) is 0 Å². The molecule has 2 aromatic heterocycles. The molecule has 0 bridgehead atoms. The molecule has 7 heteroatoms. The quantitative estimate of drug-likeness (QED) is 0.237. The van der Waals surface area contributed by atoms with Crippen molar-refractivity contribution in [3.05, 3.63) is 129 Å². The van der Waals surface area contributed by atoms with Crippen molar-refractivity contribution in [1.82, 2.24) is 4.98 Å². The third-order valence-corrected chi connectivity index (χ3v) is 6.97. The minimum atomic E-state index is -0.764. The molecule has 0 spiro atoms. The topological polar surface area (TPSA) is 81.9 Å². The maximum atomic E-state index is 14.0. The Labute approximate surface area is 231 Å². The second kappa shape index (κ2) is 10.3. The number of ether oxygens (including phenoxy) is 2. The van der Waals surface area contributed by atoms with E-state index in [4.69, 9.17) is 13.9 Å². The van der Waals surface area contributed by atoms with Crippen molar-refractivity contribution in [1.29, 1.82) is 0 Å². The summed E-state index contributed by atoms with van der Waals surface area (Å²) in [7, 11) is 0. The van der Waals surface area contributed by atoms with Crippen molar-refractivity contribution in [3.8, 4) is 11.5 Å². The Morgan fingerprint density at radius 1 is 0.875 bits per heavy atom. The van der Waals surface area contributed by atoms with Gasteiger partial charge in [0.1, 0.15) is 18.0 Å². The number of aromatic nitrogens is 1. The normalized spacial score (nSPS) is 14.4. The van der Waals surface area contributed by atoms with Crippen molar-refractivity contribution in [2.75, 3.05) is 11.5 Å². The molecule has 7 nitrogen and oxygen atoms in total. The highest BCUT2D eigenvalue weighted by molar-refractivity contribution is 6.10.